The summed E-state index contributed by atoms with van der Waals surface area (Å²) >= 11 is 0. The number of carbonyl (C=O) groups is 3. The van der Waals surface area contributed by atoms with Crippen molar-refractivity contribution in [3.8, 4) is 0 Å². The number of hydrogen-bond donors (Lipinski definition) is 3. The summed E-state index contributed by atoms with van der Waals surface area (Å²) in [5, 5.41) is 21.4. The molecule has 1 unspecified atom stereocenters. The number of amides is 1. The second-order valence-corrected chi connectivity index (χ2v) is 12.4. The Morgan fingerprint density at radius 1 is 1.05 bits per heavy atom. The van der Waals surface area contributed by atoms with E-state index in [0.29, 0.717) is 18.0 Å². The summed E-state index contributed by atoms with van der Waals surface area (Å²) in [7, 11) is 1.92. The van der Waals surface area contributed by atoms with Gasteiger partial charge in [0.1, 0.15) is 6.04 Å². The molecule has 0 aliphatic carbocycles. The van der Waals surface area contributed by atoms with Crippen molar-refractivity contribution in [1.82, 2.24) is 20.3 Å². The van der Waals surface area contributed by atoms with Crippen molar-refractivity contribution < 1.29 is 24.6 Å². The van der Waals surface area contributed by atoms with E-state index < -0.39 is 23.9 Å². The maximum atomic E-state index is 12.6. The van der Waals surface area contributed by atoms with Gasteiger partial charge in [0, 0.05) is 54.3 Å². The van der Waals surface area contributed by atoms with Crippen LogP contribution in [0.4, 0.5) is 5.69 Å². The van der Waals surface area contributed by atoms with Crippen LogP contribution in [0.1, 0.15) is 81.8 Å². The van der Waals surface area contributed by atoms with Crippen LogP contribution < -0.4 is 10.2 Å². The Kier molecular flexibility index (Phi) is 9.86. The number of carboxylic acids is 2. The van der Waals surface area contributed by atoms with Gasteiger partial charge in [0.05, 0.1) is 5.69 Å². The molecule has 3 rings (SSSR count). The van der Waals surface area contributed by atoms with Crippen LogP contribution in [0, 0.1) is 5.41 Å². The fourth-order valence-electron chi connectivity index (χ4n) is 4.16. The summed E-state index contributed by atoms with van der Waals surface area (Å²) in [4.78, 5) is 50.9. The van der Waals surface area contributed by atoms with Gasteiger partial charge in [-0.25, -0.2) is 19.7 Å². The fraction of sp³-hybridized carbons (Fsp3) is 0.406. The number of hydrogen-bond acceptors (Lipinski definition) is 7. The lowest BCUT2D eigenvalue weighted by molar-refractivity contribution is -0.140. The SMILES string of the molecule is CN(Cc1cnc2nc(C=C=CC(C)(C)C)nc(C(C)(C)C)c2c1)c1ccc(C(=O)NC(CCC(=O)O)C(=O)O)cc1. The minimum atomic E-state index is -1.29. The third-order valence-electron chi connectivity index (χ3n) is 6.30. The van der Waals surface area contributed by atoms with Gasteiger partial charge in [0.25, 0.3) is 5.91 Å². The molecule has 222 valence electrons. The number of carboxylic acid groups (broad SMARTS) is 2. The van der Waals surface area contributed by atoms with E-state index in [2.05, 4.69) is 68.6 Å². The van der Waals surface area contributed by atoms with Crippen LogP contribution in [0.3, 0.4) is 0 Å². The number of rotatable bonds is 10. The Balaban J connectivity index is 1.80. The Bertz CT molecular complexity index is 1530. The van der Waals surface area contributed by atoms with E-state index >= 15 is 0 Å². The van der Waals surface area contributed by atoms with Crippen LogP contribution >= 0.6 is 0 Å². The van der Waals surface area contributed by atoms with Crippen LogP contribution in [0.15, 0.2) is 48.3 Å². The summed E-state index contributed by atoms with van der Waals surface area (Å²) in [5.41, 5.74) is 6.53. The number of nitrogens with one attached hydrogen (secondary N) is 1. The number of fused-ring (bicyclic) bond motifs is 1. The number of benzene rings is 1. The number of nitrogens with zero attached hydrogens (tertiary/aromatic N) is 4. The van der Waals surface area contributed by atoms with Crippen LogP contribution in [-0.4, -0.2) is 56.1 Å². The van der Waals surface area contributed by atoms with Gasteiger partial charge in [-0.05, 0) is 53.8 Å². The summed E-state index contributed by atoms with van der Waals surface area (Å²) in [5.74, 6) is -2.43. The van der Waals surface area contributed by atoms with Crippen LogP contribution in [0.2, 0.25) is 0 Å². The number of anilines is 1. The van der Waals surface area contributed by atoms with E-state index in [1.807, 2.05) is 18.0 Å². The van der Waals surface area contributed by atoms with E-state index in [9.17, 15) is 19.5 Å². The zero-order valence-corrected chi connectivity index (χ0v) is 25.2. The van der Waals surface area contributed by atoms with Crippen molar-refractivity contribution in [3.05, 3.63) is 71.0 Å². The molecule has 0 saturated heterocycles. The first-order valence-electron chi connectivity index (χ1n) is 13.7. The molecule has 2 heterocycles. The first-order valence-corrected chi connectivity index (χ1v) is 13.7. The van der Waals surface area contributed by atoms with Gasteiger partial charge in [-0.2, -0.15) is 0 Å². The summed E-state index contributed by atoms with van der Waals surface area (Å²) in [6.45, 7) is 13.2. The van der Waals surface area contributed by atoms with Crippen LogP contribution in [0.25, 0.3) is 17.1 Å². The lowest BCUT2D eigenvalue weighted by Crippen LogP contribution is -2.41. The quantitative estimate of drug-likeness (QED) is 0.278. The molecule has 1 atom stereocenters. The van der Waals surface area contributed by atoms with Crippen molar-refractivity contribution in [2.24, 2.45) is 5.41 Å². The molecule has 0 aliphatic heterocycles. The third kappa shape index (κ3) is 8.97. The van der Waals surface area contributed by atoms with E-state index in [4.69, 9.17) is 10.1 Å². The van der Waals surface area contributed by atoms with Gasteiger partial charge < -0.3 is 20.4 Å². The third-order valence-corrected chi connectivity index (χ3v) is 6.30. The zero-order valence-electron chi connectivity index (χ0n) is 25.2. The molecule has 10 heteroatoms. The van der Waals surface area contributed by atoms with Crippen molar-refractivity contribution in [2.45, 2.75) is 72.4 Å². The second-order valence-electron chi connectivity index (χ2n) is 12.4. The predicted octanol–water partition coefficient (Wildman–Crippen LogP) is 5.22. The Morgan fingerprint density at radius 3 is 2.29 bits per heavy atom. The average molecular weight is 574 g/mol. The average Bonchev–Trinajstić information content (AvgIpc) is 2.89. The minimum Gasteiger partial charge on any atom is -0.481 e. The molecule has 10 nitrogen and oxygen atoms in total. The highest BCUT2D eigenvalue weighted by atomic mass is 16.4. The Hall–Kier alpha value is -4.56. The molecule has 0 spiro atoms. The molecule has 2 aromatic heterocycles. The standard InChI is InChI=1S/C32H39N5O5/c1-31(2,3)16-8-9-25-35-27(32(4,5)6)23-17-20(18-33-28(23)36-25)19-37(7)22-12-10-21(11-13-22)29(40)34-24(30(41)42)14-15-26(38)39/h9-13,16-18,24H,14-15,19H2,1-7H3,(H,34,40)(H,38,39)(H,41,42). The molecule has 42 heavy (non-hydrogen) atoms. The lowest BCUT2D eigenvalue weighted by atomic mass is 9.89. The summed E-state index contributed by atoms with van der Waals surface area (Å²) in [6.07, 6.45) is 5.00. The highest BCUT2D eigenvalue weighted by molar-refractivity contribution is 5.97. The van der Waals surface area contributed by atoms with Gasteiger partial charge in [-0.3, -0.25) is 9.59 Å². The number of aromatic nitrogens is 3. The normalized spacial score (nSPS) is 12.3. The molecule has 0 bridgehead atoms. The first kappa shape index (κ1) is 32.0. The molecular formula is C32H39N5O5. The van der Waals surface area contributed by atoms with E-state index in [0.717, 1.165) is 22.3 Å². The fourth-order valence-corrected chi connectivity index (χ4v) is 4.16. The molecule has 0 fully saturated rings. The van der Waals surface area contributed by atoms with Gasteiger partial charge >= 0.3 is 11.9 Å². The number of aliphatic carboxylic acids is 2. The molecule has 3 aromatic rings. The monoisotopic (exact) mass is 573 g/mol. The van der Waals surface area contributed by atoms with E-state index in [1.54, 1.807) is 36.5 Å². The minimum absolute atomic E-state index is 0.00113. The maximum Gasteiger partial charge on any atom is 0.326 e. The van der Waals surface area contributed by atoms with Gasteiger partial charge in [-0.1, -0.05) is 41.5 Å². The van der Waals surface area contributed by atoms with Gasteiger partial charge in [0.2, 0.25) is 0 Å². The van der Waals surface area contributed by atoms with Crippen molar-refractivity contribution in [1.29, 1.82) is 0 Å². The first-order chi connectivity index (χ1) is 19.5. The maximum absolute atomic E-state index is 12.6. The molecule has 0 radical (unpaired) electrons. The Labute approximate surface area is 246 Å². The largest absolute Gasteiger partial charge is 0.481 e. The molecule has 1 amide bonds. The molecule has 0 saturated carbocycles. The van der Waals surface area contributed by atoms with E-state index in [1.165, 1.54) is 0 Å². The van der Waals surface area contributed by atoms with E-state index in [-0.39, 0.29) is 29.2 Å². The van der Waals surface area contributed by atoms with Gasteiger partial charge in [0.15, 0.2) is 11.5 Å². The lowest BCUT2D eigenvalue weighted by Gasteiger charge is -2.22. The van der Waals surface area contributed by atoms with Crippen LogP contribution in [-0.2, 0) is 21.5 Å². The van der Waals surface area contributed by atoms with Crippen LogP contribution in [0.5, 0.6) is 0 Å². The molecule has 0 aliphatic rings. The highest BCUT2D eigenvalue weighted by Crippen LogP contribution is 2.28. The summed E-state index contributed by atoms with van der Waals surface area (Å²) < 4.78 is 0. The molecule has 1 aromatic carbocycles. The number of allylic oxidation sites excluding steroid dienone is 1. The second kappa shape index (κ2) is 13.0. The number of pyridine rings is 1. The molecule has 3 N–H and O–H groups in total. The summed E-state index contributed by atoms with van der Waals surface area (Å²) in [6, 6.07) is 7.51. The highest BCUT2D eigenvalue weighted by Gasteiger charge is 2.23. The van der Waals surface area contributed by atoms with Crippen molar-refractivity contribution in [2.75, 3.05) is 11.9 Å². The predicted molar refractivity (Wildman–Crippen MR) is 162 cm³/mol. The van der Waals surface area contributed by atoms with Crippen molar-refractivity contribution in [3.63, 3.8) is 0 Å². The zero-order chi connectivity index (χ0) is 31.2. The van der Waals surface area contributed by atoms with Gasteiger partial charge in [-0.15, -0.1) is 5.73 Å². The Morgan fingerprint density at radius 2 is 1.71 bits per heavy atom. The topological polar surface area (TPSA) is 146 Å². The van der Waals surface area contributed by atoms with Crippen molar-refractivity contribution >= 4 is 40.6 Å². The molecular weight excluding hydrogens is 534 g/mol. The smallest absolute Gasteiger partial charge is 0.326 e. The number of carbonyl (C=O) groups excluding carboxylic acids is 1.